The molecular formula is C21H22ClN5O2. The van der Waals surface area contributed by atoms with Crippen LogP contribution in [0.15, 0.2) is 48.9 Å². The maximum atomic E-state index is 12.7. The molecule has 1 aliphatic heterocycles. The molecule has 0 bridgehead atoms. The lowest BCUT2D eigenvalue weighted by molar-refractivity contribution is 0.237. The molecule has 8 heteroatoms. The van der Waals surface area contributed by atoms with Crippen molar-refractivity contribution in [2.24, 2.45) is 0 Å². The molecule has 150 valence electrons. The normalized spacial score (nSPS) is 14.2. The predicted octanol–water partition coefficient (Wildman–Crippen LogP) is 3.62. The average molecular weight is 412 g/mol. The van der Waals surface area contributed by atoms with E-state index in [0.717, 1.165) is 30.8 Å². The summed E-state index contributed by atoms with van der Waals surface area (Å²) in [5.74, 6) is -0.0329. The van der Waals surface area contributed by atoms with Crippen molar-refractivity contribution < 1.29 is 9.90 Å². The number of hydrogen-bond donors (Lipinski definition) is 2. The molecule has 1 saturated heterocycles. The SMILES string of the molecule is O=C(NCCN1CCCC1)n1cc(-c2ccncc2)c(-c2ccc(Cl)c(O)c2)n1. The molecule has 1 aromatic carbocycles. The second kappa shape index (κ2) is 8.63. The number of amides is 1. The molecule has 1 aliphatic rings. The Morgan fingerprint density at radius 3 is 2.62 bits per heavy atom. The maximum Gasteiger partial charge on any atom is 0.342 e. The first kappa shape index (κ1) is 19.4. The summed E-state index contributed by atoms with van der Waals surface area (Å²) < 4.78 is 1.31. The van der Waals surface area contributed by atoms with Crippen molar-refractivity contribution in [1.82, 2.24) is 25.0 Å². The molecule has 0 unspecified atom stereocenters. The number of phenols is 1. The van der Waals surface area contributed by atoms with Gasteiger partial charge in [0.05, 0.1) is 5.02 Å². The van der Waals surface area contributed by atoms with Gasteiger partial charge < -0.3 is 15.3 Å². The summed E-state index contributed by atoms with van der Waals surface area (Å²) in [5.41, 5.74) is 2.89. The minimum atomic E-state index is -0.288. The van der Waals surface area contributed by atoms with Crippen LogP contribution in [0, 0.1) is 0 Å². The Labute approximate surface area is 173 Å². The van der Waals surface area contributed by atoms with Gasteiger partial charge in [0.25, 0.3) is 0 Å². The largest absolute Gasteiger partial charge is 0.506 e. The Morgan fingerprint density at radius 1 is 1.14 bits per heavy atom. The van der Waals surface area contributed by atoms with E-state index in [0.29, 0.717) is 17.8 Å². The Balaban J connectivity index is 1.60. The summed E-state index contributed by atoms with van der Waals surface area (Å²) in [4.78, 5) is 19.0. The third kappa shape index (κ3) is 4.41. The summed E-state index contributed by atoms with van der Waals surface area (Å²) in [6, 6.07) is 8.34. The van der Waals surface area contributed by atoms with E-state index in [4.69, 9.17) is 11.6 Å². The van der Waals surface area contributed by atoms with Crippen LogP contribution in [0.4, 0.5) is 4.79 Å². The van der Waals surface area contributed by atoms with E-state index >= 15 is 0 Å². The van der Waals surface area contributed by atoms with Gasteiger partial charge in [-0.1, -0.05) is 17.7 Å². The number of pyridine rings is 1. The van der Waals surface area contributed by atoms with E-state index in [9.17, 15) is 9.90 Å². The third-order valence-corrected chi connectivity index (χ3v) is 5.36. The Hall–Kier alpha value is -2.90. The first-order valence-corrected chi connectivity index (χ1v) is 9.99. The number of aromatic nitrogens is 3. The summed E-state index contributed by atoms with van der Waals surface area (Å²) in [6.07, 6.45) is 7.51. The van der Waals surface area contributed by atoms with Crippen molar-refractivity contribution in [3.05, 3.63) is 53.9 Å². The van der Waals surface area contributed by atoms with Gasteiger partial charge in [0.1, 0.15) is 11.4 Å². The van der Waals surface area contributed by atoms with Crippen LogP contribution in [0.3, 0.4) is 0 Å². The molecule has 0 saturated carbocycles. The second-order valence-electron chi connectivity index (χ2n) is 7.02. The molecule has 1 fully saturated rings. The highest BCUT2D eigenvalue weighted by Gasteiger charge is 2.18. The quantitative estimate of drug-likeness (QED) is 0.669. The lowest BCUT2D eigenvalue weighted by atomic mass is 10.0. The number of likely N-dealkylation sites (tertiary alicyclic amines) is 1. The van der Waals surface area contributed by atoms with Crippen LogP contribution in [0.25, 0.3) is 22.4 Å². The number of phenolic OH excluding ortho intramolecular Hbond substituents is 1. The van der Waals surface area contributed by atoms with Crippen LogP contribution in [-0.2, 0) is 0 Å². The van der Waals surface area contributed by atoms with Crippen LogP contribution in [0.1, 0.15) is 12.8 Å². The van der Waals surface area contributed by atoms with Crippen molar-refractivity contribution in [2.45, 2.75) is 12.8 Å². The third-order valence-electron chi connectivity index (χ3n) is 5.04. The summed E-state index contributed by atoms with van der Waals surface area (Å²) in [6.45, 7) is 3.59. The molecule has 0 spiro atoms. The highest BCUT2D eigenvalue weighted by molar-refractivity contribution is 6.32. The molecule has 0 radical (unpaired) electrons. The highest BCUT2D eigenvalue weighted by atomic mass is 35.5. The number of carbonyl (C=O) groups excluding carboxylic acids is 1. The molecule has 3 aromatic rings. The van der Waals surface area contributed by atoms with Gasteiger partial charge in [0, 0.05) is 42.8 Å². The van der Waals surface area contributed by atoms with Gasteiger partial charge in [-0.2, -0.15) is 9.78 Å². The zero-order chi connectivity index (χ0) is 20.2. The summed E-state index contributed by atoms with van der Waals surface area (Å²) >= 11 is 5.94. The molecular weight excluding hydrogens is 390 g/mol. The molecule has 0 atom stereocenters. The van der Waals surface area contributed by atoms with Gasteiger partial charge in [-0.3, -0.25) is 4.98 Å². The standard InChI is InChI=1S/C21H22ClN5O2/c22-18-4-3-16(13-19(18)28)20-17(15-5-7-23-8-6-15)14-27(25-20)21(29)24-9-12-26-10-1-2-11-26/h3-8,13-14,28H,1-2,9-12H2,(H,24,29). The molecule has 4 rings (SSSR count). The molecule has 3 heterocycles. The van der Waals surface area contributed by atoms with E-state index < -0.39 is 0 Å². The Morgan fingerprint density at radius 2 is 1.90 bits per heavy atom. The Kier molecular flexibility index (Phi) is 5.78. The van der Waals surface area contributed by atoms with Crippen LogP contribution >= 0.6 is 11.6 Å². The second-order valence-corrected chi connectivity index (χ2v) is 7.43. The van der Waals surface area contributed by atoms with E-state index in [1.54, 1.807) is 36.8 Å². The lowest BCUT2D eigenvalue weighted by Gasteiger charge is -2.14. The number of nitrogens with one attached hydrogen (secondary N) is 1. The van der Waals surface area contributed by atoms with E-state index in [2.05, 4.69) is 20.3 Å². The molecule has 2 aromatic heterocycles. The van der Waals surface area contributed by atoms with Crippen molar-refractivity contribution in [3.8, 4) is 28.1 Å². The minimum Gasteiger partial charge on any atom is -0.506 e. The van der Waals surface area contributed by atoms with Crippen LogP contribution in [0.2, 0.25) is 5.02 Å². The van der Waals surface area contributed by atoms with Crippen LogP contribution < -0.4 is 5.32 Å². The van der Waals surface area contributed by atoms with Crippen molar-refractivity contribution in [3.63, 3.8) is 0 Å². The highest BCUT2D eigenvalue weighted by Crippen LogP contribution is 2.34. The summed E-state index contributed by atoms with van der Waals surface area (Å²) in [7, 11) is 0. The van der Waals surface area contributed by atoms with Gasteiger partial charge in [-0.15, -0.1) is 0 Å². The molecule has 0 aliphatic carbocycles. The number of halogens is 1. The number of benzene rings is 1. The van der Waals surface area contributed by atoms with E-state index in [1.165, 1.54) is 17.5 Å². The minimum absolute atomic E-state index is 0.0329. The maximum absolute atomic E-state index is 12.7. The van der Waals surface area contributed by atoms with Gasteiger partial charge in [-0.05, 0) is 55.8 Å². The molecule has 2 N–H and O–H groups in total. The molecule has 1 amide bonds. The lowest BCUT2D eigenvalue weighted by Crippen LogP contribution is -2.36. The number of rotatable bonds is 5. The first-order chi connectivity index (χ1) is 14.1. The topological polar surface area (TPSA) is 83.3 Å². The smallest absolute Gasteiger partial charge is 0.342 e. The number of carbonyl (C=O) groups is 1. The number of hydrogen-bond acceptors (Lipinski definition) is 5. The fourth-order valence-electron chi connectivity index (χ4n) is 3.50. The van der Waals surface area contributed by atoms with Gasteiger partial charge >= 0.3 is 6.03 Å². The fraction of sp³-hybridized carbons (Fsp3) is 0.286. The Bertz CT molecular complexity index is 1000. The average Bonchev–Trinajstić information content (AvgIpc) is 3.41. The van der Waals surface area contributed by atoms with Gasteiger partial charge in [0.2, 0.25) is 0 Å². The molecule has 29 heavy (non-hydrogen) atoms. The monoisotopic (exact) mass is 411 g/mol. The summed E-state index contributed by atoms with van der Waals surface area (Å²) in [5, 5.41) is 17.7. The van der Waals surface area contributed by atoms with Crippen molar-refractivity contribution in [2.75, 3.05) is 26.2 Å². The first-order valence-electron chi connectivity index (χ1n) is 9.61. The fourth-order valence-corrected chi connectivity index (χ4v) is 3.62. The zero-order valence-electron chi connectivity index (χ0n) is 15.9. The van der Waals surface area contributed by atoms with Crippen molar-refractivity contribution >= 4 is 17.6 Å². The predicted molar refractivity (Wildman–Crippen MR) is 112 cm³/mol. The van der Waals surface area contributed by atoms with Crippen molar-refractivity contribution in [1.29, 1.82) is 0 Å². The number of nitrogens with zero attached hydrogens (tertiary/aromatic N) is 4. The molecule has 7 nitrogen and oxygen atoms in total. The van der Waals surface area contributed by atoms with E-state index in [1.807, 2.05) is 12.1 Å². The van der Waals surface area contributed by atoms with E-state index in [-0.39, 0.29) is 16.8 Å². The van der Waals surface area contributed by atoms with Gasteiger partial charge in [0.15, 0.2) is 0 Å². The van der Waals surface area contributed by atoms with Gasteiger partial charge in [-0.25, -0.2) is 4.79 Å². The van der Waals surface area contributed by atoms with Crippen LogP contribution in [-0.4, -0.2) is 57.0 Å². The number of aromatic hydroxyl groups is 1. The zero-order valence-corrected chi connectivity index (χ0v) is 16.6. The van der Waals surface area contributed by atoms with Crippen LogP contribution in [0.5, 0.6) is 5.75 Å².